The van der Waals surface area contributed by atoms with Crippen molar-refractivity contribution in [1.29, 1.82) is 0 Å². The summed E-state index contributed by atoms with van der Waals surface area (Å²) in [5.41, 5.74) is 0.165. The summed E-state index contributed by atoms with van der Waals surface area (Å²) in [6.45, 7) is 7.47. The van der Waals surface area contributed by atoms with Crippen LogP contribution in [0.2, 0.25) is 5.02 Å². The first kappa shape index (κ1) is 18.8. The first-order valence-corrected chi connectivity index (χ1v) is 7.42. The molecule has 0 spiro atoms. The van der Waals surface area contributed by atoms with E-state index in [9.17, 15) is 9.59 Å². The fourth-order valence-electron chi connectivity index (χ4n) is 1.72. The Labute approximate surface area is 140 Å². The van der Waals surface area contributed by atoms with Crippen LogP contribution in [0, 0.1) is 0 Å². The number of methoxy groups -OCH3 is 1. The molecule has 0 unspecified atom stereocenters. The molecule has 0 aliphatic rings. The van der Waals surface area contributed by atoms with Gasteiger partial charge in [-0.3, -0.25) is 4.79 Å². The highest BCUT2D eigenvalue weighted by Crippen LogP contribution is 2.36. The van der Waals surface area contributed by atoms with E-state index >= 15 is 0 Å². The third-order valence-corrected chi connectivity index (χ3v) is 3.11. The molecule has 0 fully saturated rings. The first-order chi connectivity index (χ1) is 10.9. The molecule has 6 nitrogen and oxygen atoms in total. The number of nitrogens with one attached hydrogen (secondary N) is 1. The van der Waals surface area contributed by atoms with E-state index in [-0.39, 0.29) is 10.6 Å². The lowest BCUT2D eigenvalue weighted by Gasteiger charge is -2.15. The van der Waals surface area contributed by atoms with Crippen molar-refractivity contribution >= 4 is 23.5 Å². The fourth-order valence-corrected chi connectivity index (χ4v) is 1.99. The number of benzene rings is 1. The number of carbonyl (C=O) groups excluding carboxylic acids is 2. The minimum absolute atomic E-state index is 0.165. The number of carbonyl (C=O) groups is 2. The highest BCUT2D eigenvalue weighted by molar-refractivity contribution is 6.32. The fraction of sp³-hybridized carbons (Fsp3) is 0.375. The average Bonchev–Trinajstić information content (AvgIpc) is 2.53. The van der Waals surface area contributed by atoms with Gasteiger partial charge in [0.1, 0.15) is 0 Å². The lowest BCUT2D eigenvalue weighted by molar-refractivity contribution is -0.128. The summed E-state index contributed by atoms with van der Waals surface area (Å²) in [6.07, 6.45) is 0.586. The molecule has 1 N–H and O–H groups in total. The van der Waals surface area contributed by atoms with E-state index in [1.807, 2.05) is 6.92 Å². The standard InChI is InChI=1S/C16H20ClNO5/c1-5-7-18-15(19)10(3)23-16(20)11-8-12(17)14(22-6-2)13(9-11)21-4/h5,8-10H,1,6-7H2,2-4H3,(H,18,19)/t10-/m0/s1. The maximum Gasteiger partial charge on any atom is 0.339 e. The Morgan fingerprint density at radius 2 is 2.13 bits per heavy atom. The Morgan fingerprint density at radius 1 is 1.43 bits per heavy atom. The van der Waals surface area contributed by atoms with E-state index in [2.05, 4.69) is 11.9 Å². The Hall–Kier alpha value is -2.21. The van der Waals surface area contributed by atoms with E-state index < -0.39 is 18.0 Å². The van der Waals surface area contributed by atoms with Crippen molar-refractivity contribution in [2.75, 3.05) is 20.3 Å². The van der Waals surface area contributed by atoms with Crippen LogP contribution in [0.4, 0.5) is 0 Å². The molecule has 1 aromatic rings. The summed E-state index contributed by atoms with van der Waals surface area (Å²) in [4.78, 5) is 23.8. The van der Waals surface area contributed by atoms with Crippen molar-refractivity contribution in [3.05, 3.63) is 35.4 Å². The highest BCUT2D eigenvalue weighted by atomic mass is 35.5. The van der Waals surface area contributed by atoms with Gasteiger partial charge in [-0.2, -0.15) is 0 Å². The van der Waals surface area contributed by atoms with Crippen LogP contribution >= 0.6 is 11.6 Å². The van der Waals surface area contributed by atoms with Gasteiger partial charge in [-0.05, 0) is 26.0 Å². The topological polar surface area (TPSA) is 73.9 Å². The zero-order valence-electron chi connectivity index (χ0n) is 13.3. The molecule has 7 heteroatoms. The van der Waals surface area contributed by atoms with Crippen LogP contribution in [0.1, 0.15) is 24.2 Å². The Morgan fingerprint density at radius 3 is 2.70 bits per heavy atom. The van der Waals surface area contributed by atoms with Crippen LogP contribution in [0.15, 0.2) is 24.8 Å². The summed E-state index contributed by atoms with van der Waals surface area (Å²) in [5.74, 6) is -0.434. The maximum absolute atomic E-state index is 12.1. The van der Waals surface area contributed by atoms with Crippen LogP contribution in [0.3, 0.4) is 0 Å². The number of esters is 1. The molecule has 23 heavy (non-hydrogen) atoms. The van der Waals surface area contributed by atoms with E-state index in [0.717, 1.165) is 0 Å². The third-order valence-electron chi connectivity index (χ3n) is 2.83. The molecule has 1 rings (SSSR count). The Kier molecular flexibility index (Phi) is 7.41. The number of rotatable bonds is 8. The number of hydrogen-bond acceptors (Lipinski definition) is 5. The number of hydrogen-bond donors (Lipinski definition) is 1. The van der Waals surface area contributed by atoms with E-state index in [1.54, 1.807) is 0 Å². The zero-order chi connectivity index (χ0) is 17.4. The van der Waals surface area contributed by atoms with Crippen molar-refractivity contribution < 1.29 is 23.8 Å². The summed E-state index contributed by atoms with van der Waals surface area (Å²) in [6, 6.07) is 2.86. The molecule has 1 amide bonds. The smallest absolute Gasteiger partial charge is 0.339 e. The second kappa shape index (κ2) is 9.05. The molecule has 0 aliphatic carbocycles. The monoisotopic (exact) mass is 341 g/mol. The molecule has 0 aromatic heterocycles. The molecule has 0 bridgehead atoms. The van der Waals surface area contributed by atoms with Gasteiger partial charge in [0.25, 0.3) is 5.91 Å². The van der Waals surface area contributed by atoms with Gasteiger partial charge in [-0.25, -0.2) is 4.79 Å². The molecule has 0 saturated carbocycles. The third kappa shape index (κ3) is 5.17. The summed E-state index contributed by atoms with van der Waals surface area (Å²) in [5, 5.41) is 2.77. The van der Waals surface area contributed by atoms with E-state index in [1.165, 1.54) is 32.2 Å². The normalized spacial score (nSPS) is 11.3. The molecular formula is C16H20ClNO5. The molecule has 0 heterocycles. The van der Waals surface area contributed by atoms with Crippen molar-refractivity contribution in [2.45, 2.75) is 20.0 Å². The Balaban J connectivity index is 2.89. The SMILES string of the molecule is C=CCNC(=O)[C@H](C)OC(=O)c1cc(Cl)c(OCC)c(OC)c1. The second-order valence-corrected chi connectivity index (χ2v) is 4.91. The van der Waals surface area contributed by atoms with Crippen LogP contribution in [-0.4, -0.2) is 38.2 Å². The van der Waals surface area contributed by atoms with Gasteiger partial charge in [0.15, 0.2) is 17.6 Å². The van der Waals surface area contributed by atoms with Gasteiger partial charge in [-0.1, -0.05) is 17.7 Å². The van der Waals surface area contributed by atoms with Gasteiger partial charge in [0, 0.05) is 6.54 Å². The largest absolute Gasteiger partial charge is 0.493 e. The second-order valence-electron chi connectivity index (χ2n) is 4.50. The maximum atomic E-state index is 12.1. The van der Waals surface area contributed by atoms with Crippen LogP contribution in [0.5, 0.6) is 11.5 Å². The average molecular weight is 342 g/mol. The lowest BCUT2D eigenvalue weighted by atomic mass is 10.2. The molecule has 0 aliphatic heterocycles. The highest BCUT2D eigenvalue weighted by Gasteiger charge is 2.21. The zero-order valence-corrected chi connectivity index (χ0v) is 14.1. The number of amides is 1. The summed E-state index contributed by atoms with van der Waals surface area (Å²) in [7, 11) is 1.44. The molecule has 0 radical (unpaired) electrons. The minimum atomic E-state index is -0.946. The van der Waals surface area contributed by atoms with Gasteiger partial charge in [-0.15, -0.1) is 6.58 Å². The van der Waals surface area contributed by atoms with Crippen molar-refractivity contribution in [3.63, 3.8) is 0 Å². The number of ether oxygens (including phenoxy) is 3. The summed E-state index contributed by atoms with van der Waals surface area (Å²) < 4.78 is 15.7. The quantitative estimate of drug-likeness (QED) is 0.581. The van der Waals surface area contributed by atoms with E-state index in [0.29, 0.717) is 24.7 Å². The minimum Gasteiger partial charge on any atom is -0.493 e. The molecule has 0 saturated heterocycles. The van der Waals surface area contributed by atoms with Crippen LogP contribution < -0.4 is 14.8 Å². The van der Waals surface area contributed by atoms with Crippen molar-refractivity contribution in [3.8, 4) is 11.5 Å². The van der Waals surface area contributed by atoms with Gasteiger partial charge in [0.05, 0.1) is 24.3 Å². The van der Waals surface area contributed by atoms with E-state index in [4.69, 9.17) is 25.8 Å². The molecular weight excluding hydrogens is 322 g/mol. The van der Waals surface area contributed by atoms with Gasteiger partial charge < -0.3 is 19.5 Å². The van der Waals surface area contributed by atoms with Crippen LogP contribution in [-0.2, 0) is 9.53 Å². The van der Waals surface area contributed by atoms with Gasteiger partial charge in [0.2, 0.25) is 0 Å². The summed E-state index contributed by atoms with van der Waals surface area (Å²) >= 11 is 6.10. The van der Waals surface area contributed by atoms with Gasteiger partial charge >= 0.3 is 5.97 Å². The van der Waals surface area contributed by atoms with Crippen LogP contribution in [0.25, 0.3) is 0 Å². The first-order valence-electron chi connectivity index (χ1n) is 7.04. The predicted octanol–water partition coefficient (Wildman–Crippen LogP) is 2.59. The van der Waals surface area contributed by atoms with Crippen molar-refractivity contribution in [2.24, 2.45) is 0 Å². The molecule has 1 atom stereocenters. The number of halogens is 1. The molecule has 126 valence electrons. The van der Waals surface area contributed by atoms with Crippen molar-refractivity contribution in [1.82, 2.24) is 5.32 Å². The lowest BCUT2D eigenvalue weighted by Crippen LogP contribution is -2.35. The molecule has 1 aromatic carbocycles. The Bertz CT molecular complexity index is 588. The predicted molar refractivity (Wildman–Crippen MR) is 87.3 cm³/mol.